The van der Waals surface area contributed by atoms with Crippen LogP contribution in [0.25, 0.3) is 10.9 Å². The van der Waals surface area contributed by atoms with Crippen LogP contribution < -0.4 is 0 Å². The first-order chi connectivity index (χ1) is 10.0. The maximum Gasteiger partial charge on any atom is 0.198 e. The van der Waals surface area contributed by atoms with E-state index >= 15 is 0 Å². The molecule has 0 bridgehead atoms. The van der Waals surface area contributed by atoms with E-state index in [4.69, 9.17) is 34.8 Å². The molecule has 106 valence electrons. The molecule has 0 amide bonds. The number of nitrogens with zero attached hydrogens (tertiary/aromatic N) is 1. The van der Waals surface area contributed by atoms with Crippen LogP contribution in [0.2, 0.25) is 15.1 Å². The van der Waals surface area contributed by atoms with Gasteiger partial charge in [-0.3, -0.25) is 4.99 Å². The molecule has 3 nitrogen and oxygen atoms in total. The summed E-state index contributed by atoms with van der Waals surface area (Å²) >= 11 is 17.8. The summed E-state index contributed by atoms with van der Waals surface area (Å²) in [5.74, 6) is 0.0288. The summed E-state index contributed by atoms with van der Waals surface area (Å²) in [6.07, 6.45) is 1.55. The molecule has 2 N–H and O–H groups in total. The molecule has 0 aliphatic heterocycles. The van der Waals surface area contributed by atoms with E-state index in [0.29, 0.717) is 26.3 Å². The second-order valence-corrected chi connectivity index (χ2v) is 5.71. The van der Waals surface area contributed by atoms with E-state index in [0.717, 1.165) is 10.9 Å². The van der Waals surface area contributed by atoms with Crippen LogP contribution in [0.4, 0.5) is 5.69 Å². The smallest absolute Gasteiger partial charge is 0.198 e. The van der Waals surface area contributed by atoms with E-state index in [1.165, 1.54) is 0 Å². The minimum absolute atomic E-state index is 0.0288. The molecule has 0 unspecified atom stereocenters. The number of aromatic amines is 1. The highest BCUT2D eigenvalue weighted by atomic mass is 35.5. The molecular weight excluding hydrogens is 331 g/mol. The molecule has 1 heterocycles. The Labute approximate surface area is 135 Å². The van der Waals surface area contributed by atoms with Crippen LogP contribution in [-0.2, 0) is 0 Å². The van der Waals surface area contributed by atoms with E-state index in [-0.39, 0.29) is 5.88 Å². The van der Waals surface area contributed by atoms with Gasteiger partial charge in [0.1, 0.15) is 0 Å². The molecular formula is C15H9Cl3N2O. The number of aliphatic imine (C=N–C) groups is 1. The number of hydrogen-bond acceptors (Lipinski definition) is 2. The molecule has 1 aromatic heterocycles. The number of aromatic hydroxyl groups is 1. The third-order valence-electron chi connectivity index (χ3n) is 3.02. The highest BCUT2D eigenvalue weighted by molar-refractivity contribution is 6.36. The van der Waals surface area contributed by atoms with Gasteiger partial charge < -0.3 is 10.1 Å². The molecule has 3 aromatic rings. The van der Waals surface area contributed by atoms with Crippen molar-refractivity contribution < 1.29 is 5.11 Å². The zero-order valence-corrected chi connectivity index (χ0v) is 12.8. The Kier molecular flexibility index (Phi) is 3.81. The normalized spacial score (nSPS) is 11.6. The van der Waals surface area contributed by atoms with Crippen LogP contribution in [0.1, 0.15) is 5.56 Å². The van der Waals surface area contributed by atoms with E-state index in [9.17, 15) is 5.11 Å². The van der Waals surface area contributed by atoms with Gasteiger partial charge in [-0.25, -0.2) is 0 Å². The summed E-state index contributed by atoms with van der Waals surface area (Å²) in [7, 11) is 0. The molecule has 0 spiro atoms. The molecule has 0 aliphatic rings. The van der Waals surface area contributed by atoms with Gasteiger partial charge >= 0.3 is 0 Å². The van der Waals surface area contributed by atoms with Gasteiger partial charge in [-0.15, -0.1) is 0 Å². The van der Waals surface area contributed by atoms with Gasteiger partial charge in [-0.2, -0.15) is 0 Å². The SMILES string of the molecule is Oc1[nH]c2cc(Cl)ccc2c1C=Nc1ccc(Cl)cc1Cl. The lowest BCUT2D eigenvalue weighted by atomic mass is 10.2. The van der Waals surface area contributed by atoms with Crippen molar-refractivity contribution in [2.75, 3.05) is 0 Å². The number of fused-ring (bicyclic) bond motifs is 1. The number of hydrogen-bond donors (Lipinski definition) is 2. The van der Waals surface area contributed by atoms with Gasteiger partial charge in [0.2, 0.25) is 0 Å². The number of aromatic nitrogens is 1. The third-order valence-corrected chi connectivity index (χ3v) is 3.80. The molecule has 0 atom stereocenters. The highest BCUT2D eigenvalue weighted by Gasteiger charge is 2.09. The second-order valence-electron chi connectivity index (χ2n) is 4.43. The van der Waals surface area contributed by atoms with E-state index in [2.05, 4.69) is 9.98 Å². The summed E-state index contributed by atoms with van der Waals surface area (Å²) in [5.41, 5.74) is 1.89. The maximum absolute atomic E-state index is 9.97. The van der Waals surface area contributed by atoms with Gasteiger partial charge in [-0.1, -0.05) is 40.9 Å². The quantitative estimate of drug-likeness (QED) is 0.588. The Morgan fingerprint density at radius 3 is 2.48 bits per heavy atom. The summed E-state index contributed by atoms with van der Waals surface area (Å²) in [6.45, 7) is 0. The molecule has 3 rings (SSSR count). The second kappa shape index (κ2) is 5.60. The fraction of sp³-hybridized carbons (Fsp3) is 0. The van der Waals surface area contributed by atoms with E-state index in [1.54, 1.807) is 36.5 Å². The Hall–Kier alpha value is -1.68. The Balaban J connectivity index is 2.05. The zero-order valence-electron chi connectivity index (χ0n) is 10.6. The van der Waals surface area contributed by atoms with E-state index < -0.39 is 0 Å². The Bertz CT molecular complexity index is 855. The average molecular weight is 340 g/mol. The van der Waals surface area contributed by atoms with Crippen LogP contribution in [0, 0.1) is 0 Å². The lowest BCUT2D eigenvalue weighted by Gasteiger charge is -1.98. The molecule has 0 radical (unpaired) electrons. The van der Waals surface area contributed by atoms with Gasteiger partial charge in [0.15, 0.2) is 5.88 Å². The lowest BCUT2D eigenvalue weighted by molar-refractivity contribution is 0.457. The number of H-pyrrole nitrogens is 1. The first kappa shape index (κ1) is 14.3. The Morgan fingerprint density at radius 2 is 1.71 bits per heavy atom. The van der Waals surface area contributed by atoms with Crippen molar-refractivity contribution >= 4 is 57.6 Å². The van der Waals surface area contributed by atoms with Crippen LogP contribution in [0.5, 0.6) is 5.88 Å². The van der Waals surface area contributed by atoms with Crippen molar-refractivity contribution in [1.82, 2.24) is 4.98 Å². The zero-order chi connectivity index (χ0) is 15.0. The maximum atomic E-state index is 9.97. The van der Waals surface area contributed by atoms with Gasteiger partial charge in [-0.05, 0) is 30.3 Å². The van der Waals surface area contributed by atoms with Crippen molar-refractivity contribution in [3.63, 3.8) is 0 Å². The first-order valence-corrected chi connectivity index (χ1v) is 7.17. The predicted molar refractivity (Wildman–Crippen MR) is 88.7 cm³/mol. The van der Waals surface area contributed by atoms with E-state index in [1.807, 2.05) is 6.07 Å². The average Bonchev–Trinajstić information content (AvgIpc) is 2.72. The monoisotopic (exact) mass is 338 g/mol. The molecule has 0 fully saturated rings. The van der Waals surface area contributed by atoms with Crippen molar-refractivity contribution in [2.45, 2.75) is 0 Å². The standard InChI is InChI=1S/C15H9Cl3N2O/c16-8-2-4-13(12(18)5-8)19-7-11-10-3-1-9(17)6-14(10)20-15(11)21/h1-7,20-21H. The number of benzene rings is 2. The number of nitrogens with one attached hydrogen (secondary N) is 1. The number of rotatable bonds is 2. The number of halogens is 3. The summed E-state index contributed by atoms with van der Waals surface area (Å²) in [5, 5.41) is 12.4. The minimum Gasteiger partial charge on any atom is -0.494 e. The molecule has 0 saturated heterocycles. The van der Waals surface area contributed by atoms with Gasteiger partial charge in [0.25, 0.3) is 0 Å². The fourth-order valence-corrected chi connectivity index (χ4v) is 2.66. The largest absolute Gasteiger partial charge is 0.494 e. The van der Waals surface area contributed by atoms with Crippen LogP contribution in [-0.4, -0.2) is 16.3 Å². The minimum atomic E-state index is 0.0288. The van der Waals surface area contributed by atoms with Crippen LogP contribution >= 0.6 is 34.8 Å². The first-order valence-electron chi connectivity index (χ1n) is 6.04. The fourth-order valence-electron chi connectivity index (χ4n) is 2.03. The third kappa shape index (κ3) is 2.86. The predicted octanol–water partition coefficient (Wildman–Crippen LogP) is 5.58. The summed E-state index contributed by atoms with van der Waals surface area (Å²) < 4.78 is 0. The van der Waals surface area contributed by atoms with Gasteiger partial charge in [0, 0.05) is 21.6 Å². The molecule has 2 aromatic carbocycles. The van der Waals surface area contributed by atoms with Crippen molar-refractivity contribution in [3.8, 4) is 5.88 Å². The van der Waals surface area contributed by atoms with Gasteiger partial charge in [0.05, 0.1) is 21.8 Å². The topological polar surface area (TPSA) is 48.4 Å². The highest BCUT2D eigenvalue weighted by Crippen LogP contribution is 2.30. The lowest BCUT2D eigenvalue weighted by Crippen LogP contribution is -1.79. The molecule has 0 aliphatic carbocycles. The van der Waals surface area contributed by atoms with Crippen molar-refractivity contribution in [3.05, 3.63) is 57.0 Å². The van der Waals surface area contributed by atoms with Crippen LogP contribution in [0.15, 0.2) is 41.4 Å². The van der Waals surface area contributed by atoms with Crippen molar-refractivity contribution in [2.24, 2.45) is 4.99 Å². The summed E-state index contributed by atoms with van der Waals surface area (Å²) in [4.78, 5) is 7.15. The Morgan fingerprint density at radius 1 is 1.00 bits per heavy atom. The van der Waals surface area contributed by atoms with Crippen LogP contribution in [0.3, 0.4) is 0 Å². The summed E-state index contributed by atoms with van der Waals surface area (Å²) in [6, 6.07) is 10.3. The molecule has 21 heavy (non-hydrogen) atoms. The molecule has 6 heteroatoms. The van der Waals surface area contributed by atoms with Crippen molar-refractivity contribution in [1.29, 1.82) is 0 Å². The molecule has 0 saturated carbocycles.